The summed E-state index contributed by atoms with van der Waals surface area (Å²) < 4.78 is 10.9. The fourth-order valence-corrected chi connectivity index (χ4v) is 2.92. The lowest BCUT2D eigenvalue weighted by Crippen LogP contribution is -1.97. The van der Waals surface area contributed by atoms with Crippen molar-refractivity contribution in [3.05, 3.63) is 95.8 Å². The van der Waals surface area contributed by atoms with Gasteiger partial charge in [-0.05, 0) is 60.2 Å². The second-order valence-corrected chi connectivity index (χ2v) is 6.48. The second kappa shape index (κ2) is 8.44. The molecule has 5 heteroatoms. The number of ketones is 1. The van der Waals surface area contributed by atoms with Crippen LogP contribution >= 0.6 is 0 Å². The lowest BCUT2D eigenvalue weighted by atomic mass is 10.1. The summed E-state index contributed by atoms with van der Waals surface area (Å²) in [7, 11) is 1.60. The number of aromatic nitrogens is 2. The highest BCUT2D eigenvalue weighted by atomic mass is 16.5. The van der Waals surface area contributed by atoms with E-state index in [1.165, 1.54) is 0 Å². The van der Waals surface area contributed by atoms with Crippen LogP contribution in [0.4, 0.5) is 0 Å². The number of fused-ring (bicyclic) bond motifs is 1. The molecular weight excluding hydrogens is 364 g/mol. The van der Waals surface area contributed by atoms with Crippen molar-refractivity contribution >= 4 is 22.9 Å². The number of methoxy groups -OCH3 is 1. The summed E-state index contributed by atoms with van der Waals surface area (Å²) in [6.45, 7) is 0.361. The van der Waals surface area contributed by atoms with E-state index in [2.05, 4.69) is 9.97 Å². The Morgan fingerprint density at radius 2 is 1.69 bits per heavy atom. The zero-order chi connectivity index (χ0) is 20.1. The zero-order valence-electron chi connectivity index (χ0n) is 16.0. The minimum atomic E-state index is -0.0575. The van der Waals surface area contributed by atoms with Crippen LogP contribution in [0.15, 0.2) is 78.9 Å². The van der Waals surface area contributed by atoms with E-state index in [0.29, 0.717) is 12.2 Å². The summed E-state index contributed by atoms with van der Waals surface area (Å²) in [6.07, 6.45) is 3.35. The van der Waals surface area contributed by atoms with Crippen LogP contribution in [0.1, 0.15) is 21.7 Å². The maximum atomic E-state index is 12.3. The Balaban J connectivity index is 1.35. The molecule has 5 nitrogen and oxygen atoms in total. The van der Waals surface area contributed by atoms with Crippen LogP contribution in [0.5, 0.6) is 11.5 Å². The van der Waals surface area contributed by atoms with Gasteiger partial charge in [0.1, 0.15) is 23.9 Å². The number of ether oxygens (including phenoxy) is 2. The topological polar surface area (TPSA) is 64.2 Å². The first-order valence-corrected chi connectivity index (χ1v) is 9.24. The second-order valence-electron chi connectivity index (χ2n) is 6.48. The predicted molar refractivity (Wildman–Crippen MR) is 113 cm³/mol. The number of H-pyrrole nitrogens is 1. The van der Waals surface area contributed by atoms with Gasteiger partial charge in [0.15, 0.2) is 5.78 Å². The number of aromatic amines is 1. The van der Waals surface area contributed by atoms with Crippen molar-refractivity contribution < 1.29 is 14.3 Å². The molecule has 4 rings (SSSR count). The predicted octanol–water partition coefficient (Wildman–Crippen LogP) is 5.05. The molecule has 3 aromatic carbocycles. The van der Waals surface area contributed by atoms with Gasteiger partial charge in [-0.15, -0.1) is 0 Å². The number of allylic oxidation sites excluding steroid dienone is 1. The number of hydrogen-bond donors (Lipinski definition) is 1. The summed E-state index contributed by atoms with van der Waals surface area (Å²) in [4.78, 5) is 20.0. The first kappa shape index (κ1) is 18.5. The average molecular weight is 384 g/mol. The molecule has 0 saturated carbocycles. The van der Waals surface area contributed by atoms with E-state index in [1.54, 1.807) is 43.5 Å². The number of nitrogens with one attached hydrogen (secondary N) is 1. The van der Waals surface area contributed by atoms with Gasteiger partial charge >= 0.3 is 0 Å². The fourth-order valence-electron chi connectivity index (χ4n) is 2.92. The summed E-state index contributed by atoms with van der Waals surface area (Å²) in [5.74, 6) is 2.19. The average Bonchev–Trinajstić information content (AvgIpc) is 3.20. The number of rotatable bonds is 7. The van der Waals surface area contributed by atoms with Crippen molar-refractivity contribution in [1.82, 2.24) is 9.97 Å². The van der Waals surface area contributed by atoms with Crippen molar-refractivity contribution in [2.45, 2.75) is 6.61 Å². The van der Waals surface area contributed by atoms with E-state index in [0.717, 1.165) is 33.9 Å². The van der Waals surface area contributed by atoms with Gasteiger partial charge in [0.25, 0.3) is 0 Å². The molecular formula is C24H20N2O3. The standard InChI is InChI=1S/C24H20N2O3/c1-28-19-13-9-18(10-14-19)23(27)15-8-17-6-11-20(12-7-17)29-16-24-25-21-4-2-3-5-22(21)26-24/h2-15H,16H2,1H3,(H,25,26). The van der Waals surface area contributed by atoms with Crippen LogP contribution in [-0.2, 0) is 6.61 Å². The molecule has 0 fully saturated rings. The van der Waals surface area contributed by atoms with Gasteiger partial charge in [-0.3, -0.25) is 4.79 Å². The highest BCUT2D eigenvalue weighted by Gasteiger charge is 2.04. The van der Waals surface area contributed by atoms with E-state index < -0.39 is 0 Å². The lowest BCUT2D eigenvalue weighted by Gasteiger charge is -2.04. The number of carbonyl (C=O) groups is 1. The summed E-state index contributed by atoms with van der Waals surface area (Å²) in [5.41, 5.74) is 3.46. The third-order valence-corrected chi connectivity index (χ3v) is 4.50. The van der Waals surface area contributed by atoms with Crippen LogP contribution in [-0.4, -0.2) is 22.9 Å². The molecule has 0 aliphatic heterocycles. The highest BCUT2D eigenvalue weighted by Crippen LogP contribution is 2.17. The van der Waals surface area contributed by atoms with Crippen molar-refractivity contribution in [1.29, 1.82) is 0 Å². The minimum absolute atomic E-state index is 0.0575. The molecule has 0 atom stereocenters. The van der Waals surface area contributed by atoms with Gasteiger partial charge in [-0.2, -0.15) is 0 Å². The molecule has 0 amide bonds. The van der Waals surface area contributed by atoms with Crippen LogP contribution < -0.4 is 9.47 Å². The SMILES string of the molecule is COc1ccc(C(=O)C=Cc2ccc(OCc3nc4ccccc4[nH]3)cc2)cc1. The molecule has 0 aliphatic rings. The highest BCUT2D eigenvalue weighted by molar-refractivity contribution is 6.06. The van der Waals surface area contributed by atoms with Gasteiger partial charge in [-0.25, -0.2) is 4.98 Å². The summed E-state index contributed by atoms with van der Waals surface area (Å²) >= 11 is 0. The lowest BCUT2D eigenvalue weighted by molar-refractivity contribution is 0.104. The summed E-state index contributed by atoms with van der Waals surface area (Å²) in [5, 5.41) is 0. The molecule has 0 bridgehead atoms. The van der Waals surface area contributed by atoms with Crippen LogP contribution in [0, 0.1) is 0 Å². The monoisotopic (exact) mass is 384 g/mol. The van der Waals surface area contributed by atoms with Gasteiger partial charge in [0, 0.05) is 5.56 Å². The molecule has 0 saturated heterocycles. The largest absolute Gasteiger partial charge is 0.497 e. The maximum absolute atomic E-state index is 12.3. The van der Waals surface area contributed by atoms with Crippen molar-refractivity contribution in [3.63, 3.8) is 0 Å². The third-order valence-electron chi connectivity index (χ3n) is 4.50. The summed E-state index contributed by atoms with van der Waals surface area (Å²) in [6, 6.07) is 22.5. The molecule has 0 spiro atoms. The van der Waals surface area contributed by atoms with Crippen LogP contribution in [0.25, 0.3) is 17.1 Å². The third kappa shape index (κ3) is 4.52. The molecule has 0 radical (unpaired) electrons. The number of hydrogen-bond acceptors (Lipinski definition) is 4. The van der Waals surface area contributed by atoms with Gasteiger partial charge in [0.05, 0.1) is 18.1 Å². The first-order valence-electron chi connectivity index (χ1n) is 9.24. The molecule has 0 aliphatic carbocycles. The Kier molecular flexibility index (Phi) is 5.38. The maximum Gasteiger partial charge on any atom is 0.185 e. The Morgan fingerprint density at radius 1 is 0.966 bits per heavy atom. The smallest absolute Gasteiger partial charge is 0.185 e. The number of para-hydroxylation sites is 2. The minimum Gasteiger partial charge on any atom is -0.497 e. The van der Waals surface area contributed by atoms with E-state index in [9.17, 15) is 4.79 Å². The van der Waals surface area contributed by atoms with E-state index in [1.807, 2.05) is 48.5 Å². The number of carbonyl (C=O) groups excluding carboxylic acids is 1. The molecule has 0 unspecified atom stereocenters. The van der Waals surface area contributed by atoms with Gasteiger partial charge in [0.2, 0.25) is 0 Å². The molecule has 4 aromatic rings. The molecule has 144 valence electrons. The number of imidazole rings is 1. The Labute approximate surface area is 168 Å². The number of benzene rings is 3. The Bertz CT molecular complexity index is 1110. The molecule has 1 heterocycles. The van der Waals surface area contributed by atoms with Crippen molar-refractivity contribution in [2.75, 3.05) is 7.11 Å². The van der Waals surface area contributed by atoms with Gasteiger partial charge < -0.3 is 14.5 Å². The van der Waals surface area contributed by atoms with Crippen LogP contribution in [0.3, 0.4) is 0 Å². The van der Waals surface area contributed by atoms with E-state index in [-0.39, 0.29) is 5.78 Å². The van der Waals surface area contributed by atoms with E-state index >= 15 is 0 Å². The normalized spacial score (nSPS) is 11.1. The van der Waals surface area contributed by atoms with Crippen molar-refractivity contribution in [2.24, 2.45) is 0 Å². The van der Waals surface area contributed by atoms with E-state index in [4.69, 9.17) is 9.47 Å². The first-order chi connectivity index (χ1) is 14.2. The fraction of sp³-hybridized carbons (Fsp3) is 0.0833. The Hall–Kier alpha value is -3.86. The van der Waals surface area contributed by atoms with Crippen LogP contribution in [0.2, 0.25) is 0 Å². The van der Waals surface area contributed by atoms with Gasteiger partial charge in [-0.1, -0.05) is 30.3 Å². The molecule has 29 heavy (non-hydrogen) atoms. The molecule has 1 aromatic heterocycles. The Morgan fingerprint density at radius 3 is 2.41 bits per heavy atom. The zero-order valence-corrected chi connectivity index (χ0v) is 16.0. The quantitative estimate of drug-likeness (QED) is 0.358. The van der Waals surface area contributed by atoms with Crippen molar-refractivity contribution in [3.8, 4) is 11.5 Å². The molecule has 1 N–H and O–H groups in total. The number of nitrogens with zero attached hydrogens (tertiary/aromatic N) is 1.